The summed E-state index contributed by atoms with van der Waals surface area (Å²) in [6, 6.07) is 11.9. The number of aromatic nitrogens is 2. The SMILES string of the molecule is CCOC(CC)(c1ccc(Nc2ncc(C(F)(F)F)c(Nc3ccccc3C(=O)NC)n2)cc1)P(=O)(O)O. The topological polar surface area (TPSA) is 146 Å². The van der Waals surface area contributed by atoms with Gasteiger partial charge in [0.25, 0.3) is 5.91 Å². The maximum absolute atomic E-state index is 13.7. The van der Waals surface area contributed by atoms with Crippen LogP contribution in [0.3, 0.4) is 0 Å². The number of halogens is 3. The fourth-order valence-electron chi connectivity index (χ4n) is 3.83. The van der Waals surface area contributed by atoms with Gasteiger partial charge in [-0.25, -0.2) is 4.98 Å². The van der Waals surface area contributed by atoms with E-state index in [1.165, 1.54) is 43.4 Å². The number of rotatable bonds is 10. The second-order valence-electron chi connectivity index (χ2n) is 8.02. The molecule has 1 amide bonds. The molecule has 0 saturated carbocycles. The van der Waals surface area contributed by atoms with Crippen LogP contribution >= 0.6 is 7.60 Å². The van der Waals surface area contributed by atoms with Gasteiger partial charge < -0.3 is 30.5 Å². The second kappa shape index (κ2) is 11.5. The third-order valence-electron chi connectivity index (χ3n) is 5.67. The fourth-order valence-corrected chi connectivity index (χ4v) is 5.02. The standard InChI is InChI=1S/C24H27F3N5O5P/c1-4-23(37-5-2,38(34,35)36)15-10-12-16(13-11-15)30-22-29-14-18(24(25,26)27)20(32-22)31-19-9-7-6-8-17(19)21(33)28-3/h6-14H,4-5H2,1-3H3,(H,28,33)(H2,34,35,36)(H2,29,30,31,32). The van der Waals surface area contributed by atoms with Crippen LogP contribution in [0.5, 0.6) is 0 Å². The highest BCUT2D eigenvalue weighted by molar-refractivity contribution is 7.52. The summed E-state index contributed by atoms with van der Waals surface area (Å²) in [4.78, 5) is 39.8. The van der Waals surface area contributed by atoms with Crippen LogP contribution in [-0.4, -0.2) is 39.3 Å². The third kappa shape index (κ3) is 6.13. The van der Waals surface area contributed by atoms with Gasteiger partial charge in [-0.15, -0.1) is 0 Å². The van der Waals surface area contributed by atoms with Crippen LogP contribution in [0.15, 0.2) is 54.7 Å². The van der Waals surface area contributed by atoms with Gasteiger partial charge in [0.2, 0.25) is 5.95 Å². The summed E-state index contributed by atoms with van der Waals surface area (Å²) in [7, 11) is -3.31. The maximum Gasteiger partial charge on any atom is 0.421 e. The number of para-hydroxylation sites is 1. The van der Waals surface area contributed by atoms with E-state index in [0.29, 0.717) is 11.9 Å². The van der Waals surface area contributed by atoms with Gasteiger partial charge in [-0.05, 0) is 43.2 Å². The van der Waals surface area contributed by atoms with Crippen molar-refractivity contribution in [2.75, 3.05) is 24.3 Å². The van der Waals surface area contributed by atoms with E-state index in [0.717, 1.165) is 0 Å². The zero-order valence-corrected chi connectivity index (χ0v) is 21.6. The van der Waals surface area contributed by atoms with E-state index in [1.807, 2.05) is 0 Å². The number of hydrogen-bond donors (Lipinski definition) is 5. The minimum atomic E-state index is -4.78. The van der Waals surface area contributed by atoms with E-state index in [2.05, 4.69) is 25.9 Å². The summed E-state index contributed by atoms with van der Waals surface area (Å²) >= 11 is 0. The maximum atomic E-state index is 13.7. The third-order valence-corrected chi connectivity index (χ3v) is 7.32. The number of ether oxygens (including phenoxy) is 1. The molecule has 1 unspecified atom stereocenters. The molecule has 1 aromatic heterocycles. The number of amides is 1. The summed E-state index contributed by atoms with van der Waals surface area (Å²) < 4.78 is 58.8. The van der Waals surface area contributed by atoms with Crippen LogP contribution < -0.4 is 16.0 Å². The Morgan fingerprint density at radius 1 is 1.05 bits per heavy atom. The van der Waals surface area contributed by atoms with Crippen molar-refractivity contribution in [3.8, 4) is 0 Å². The van der Waals surface area contributed by atoms with Gasteiger partial charge in [0, 0.05) is 25.5 Å². The number of hydrogen-bond acceptors (Lipinski definition) is 7. The van der Waals surface area contributed by atoms with Gasteiger partial charge in [0.15, 0.2) is 5.34 Å². The van der Waals surface area contributed by atoms with Crippen molar-refractivity contribution >= 4 is 36.6 Å². The molecule has 2 aromatic carbocycles. The van der Waals surface area contributed by atoms with Crippen LogP contribution in [0, 0.1) is 0 Å². The van der Waals surface area contributed by atoms with E-state index < -0.39 is 36.4 Å². The van der Waals surface area contributed by atoms with Crippen LogP contribution in [0.25, 0.3) is 0 Å². The number of nitrogens with one attached hydrogen (secondary N) is 3. The first-order chi connectivity index (χ1) is 17.9. The predicted octanol–water partition coefficient (Wildman–Crippen LogP) is 5.12. The minimum Gasteiger partial charge on any atom is -0.358 e. The molecular weight excluding hydrogens is 526 g/mol. The van der Waals surface area contributed by atoms with Crippen LogP contribution in [0.4, 0.5) is 36.3 Å². The minimum absolute atomic E-state index is 0.00641. The van der Waals surface area contributed by atoms with E-state index in [-0.39, 0.29) is 35.8 Å². The Hall–Kier alpha value is -3.51. The average molecular weight is 553 g/mol. The molecule has 0 spiro atoms. The molecule has 0 aliphatic rings. The van der Waals surface area contributed by atoms with Gasteiger partial charge >= 0.3 is 13.8 Å². The zero-order valence-electron chi connectivity index (χ0n) is 20.7. The molecule has 1 atom stereocenters. The van der Waals surface area contributed by atoms with Crippen molar-refractivity contribution in [2.45, 2.75) is 31.8 Å². The Kier molecular flexibility index (Phi) is 8.78. The van der Waals surface area contributed by atoms with Crippen molar-refractivity contribution in [3.63, 3.8) is 0 Å². The summed E-state index contributed by atoms with van der Waals surface area (Å²) in [6.45, 7) is 3.28. The first-order valence-electron chi connectivity index (χ1n) is 11.5. The summed E-state index contributed by atoms with van der Waals surface area (Å²) in [6.07, 6.45) is -4.16. The average Bonchev–Trinajstić information content (AvgIpc) is 2.86. The molecule has 0 fully saturated rings. The van der Waals surface area contributed by atoms with E-state index in [4.69, 9.17) is 4.74 Å². The Morgan fingerprint density at radius 2 is 1.71 bits per heavy atom. The Balaban J connectivity index is 1.96. The van der Waals surface area contributed by atoms with Gasteiger partial charge in [-0.2, -0.15) is 18.2 Å². The quantitative estimate of drug-likeness (QED) is 0.216. The van der Waals surface area contributed by atoms with Crippen LogP contribution in [0.2, 0.25) is 0 Å². The summed E-state index contributed by atoms with van der Waals surface area (Å²) in [5, 5.41) is 5.96. The lowest BCUT2D eigenvalue weighted by Gasteiger charge is -2.33. The van der Waals surface area contributed by atoms with Crippen molar-refractivity contribution in [1.82, 2.24) is 15.3 Å². The lowest BCUT2D eigenvalue weighted by atomic mass is 10.1. The summed E-state index contributed by atoms with van der Waals surface area (Å²) in [5.41, 5.74) is -0.336. The molecule has 3 rings (SSSR count). The highest BCUT2D eigenvalue weighted by atomic mass is 31.2. The normalized spacial score (nSPS) is 13.5. The predicted molar refractivity (Wildman–Crippen MR) is 136 cm³/mol. The smallest absolute Gasteiger partial charge is 0.358 e. The van der Waals surface area contributed by atoms with Crippen molar-refractivity contribution in [3.05, 3.63) is 71.4 Å². The molecule has 1 heterocycles. The van der Waals surface area contributed by atoms with Crippen LogP contribution in [0.1, 0.15) is 41.8 Å². The number of nitrogens with zero attached hydrogens (tertiary/aromatic N) is 2. The van der Waals surface area contributed by atoms with Crippen molar-refractivity contribution in [2.24, 2.45) is 0 Å². The highest BCUT2D eigenvalue weighted by Gasteiger charge is 2.48. The van der Waals surface area contributed by atoms with E-state index in [1.54, 1.807) is 26.0 Å². The molecule has 0 aliphatic heterocycles. The van der Waals surface area contributed by atoms with Gasteiger partial charge in [0.1, 0.15) is 11.4 Å². The monoisotopic (exact) mass is 553 g/mol. The number of benzene rings is 2. The molecule has 0 aliphatic carbocycles. The Bertz CT molecular complexity index is 1330. The van der Waals surface area contributed by atoms with Crippen molar-refractivity contribution in [1.29, 1.82) is 0 Å². The molecule has 3 aromatic rings. The van der Waals surface area contributed by atoms with E-state index >= 15 is 0 Å². The number of carbonyl (C=O) groups excluding carboxylic acids is 1. The summed E-state index contributed by atoms with van der Waals surface area (Å²) in [5.74, 6) is -1.27. The van der Waals surface area contributed by atoms with Crippen molar-refractivity contribution < 1.29 is 37.1 Å². The number of carbonyl (C=O) groups is 1. The molecule has 0 bridgehead atoms. The molecule has 0 radical (unpaired) electrons. The van der Waals surface area contributed by atoms with Gasteiger partial charge in [0.05, 0.1) is 11.3 Å². The molecule has 38 heavy (non-hydrogen) atoms. The molecule has 14 heteroatoms. The lowest BCUT2D eigenvalue weighted by molar-refractivity contribution is -0.137. The Morgan fingerprint density at radius 3 is 2.26 bits per heavy atom. The molecule has 5 N–H and O–H groups in total. The largest absolute Gasteiger partial charge is 0.421 e. The molecular formula is C24H27F3N5O5P. The first-order valence-corrected chi connectivity index (χ1v) is 13.1. The second-order valence-corrected chi connectivity index (χ2v) is 9.83. The van der Waals surface area contributed by atoms with Crippen LogP contribution in [-0.2, 0) is 20.8 Å². The molecule has 204 valence electrons. The van der Waals surface area contributed by atoms with Gasteiger partial charge in [-0.1, -0.05) is 31.2 Å². The van der Waals surface area contributed by atoms with E-state index in [9.17, 15) is 32.3 Å². The lowest BCUT2D eigenvalue weighted by Crippen LogP contribution is -2.29. The number of anilines is 4. The molecule has 0 saturated heterocycles. The highest BCUT2D eigenvalue weighted by Crippen LogP contribution is 2.59. The number of alkyl halides is 3. The molecule has 10 nitrogen and oxygen atoms in total. The zero-order chi connectivity index (χ0) is 28.1. The fraction of sp³-hybridized carbons (Fsp3) is 0.292. The first kappa shape index (κ1) is 29.1. The Labute approximate surface area is 216 Å². The van der Waals surface area contributed by atoms with Gasteiger partial charge in [-0.3, -0.25) is 9.36 Å².